The summed E-state index contributed by atoms with van der Waals surface area (Å²) in [6.07, 6.45) is 0. The summed E-state index contributed by atoms with van der Waals surface area (Å²) in [5.41, 5.74) is 2.91. The molecule has 19 heavy (non-hydrogen) atoms. The Labute approximate surface area is 136 Å². The summed E-state index contributed by atoms with van der Waals surface area (Å²) in [6.45, 7) is 0. The summed E-state index contributed by atoms with van der Waals surface area (Å²) in [6, 6.07) is 11.6. The molecule has 0 aliphatic carbocycles. The number of hydrogen-bond acceptors (Lipinski definition) is 1. The Kier molecular flexibility index (Phi) is 3.55. The maximum absolute atomic E-state index is 6.08. The van der Waals surface area contributed by atoms with Crippen LogP contribution in [0, 0.1) is 4.77 Å². The van der Waals surface area contributed by atoms with Gasteiger partial charge in [0.15, 0.2) is 4.77 Å². The Morgan fingerprint density at radius 1 is 1.11 bits per heavy atom. The van der Waals surface area contributed by atoms with E-state index in [4.69, 9.17) is 23.8 Å². The zero-order chi connectivity index (χ0) is 13.6. The number of halogens is 3. The average molecular weight is 419 g/mol. The molecule has 2 nitrogen and oxygen atoms in total. The highest BCUT2D eigenvalue weighted by atomic mass is 79.9. The maximum atomic E-state index is 6.08. The monoisotopic (exact) mass is 416 g/mol. The van der Waals surface area contributed by atoms with Gasteiger partial charge >= 0.3 is 0 Å². The largest absolute Gasteiger partial charge is 0.330 e. The van der Waals surface area contributed by atoms with Crippen molar-refractivity contribution >= 4 is 66.7 Å². The van der Waals surface area contributed by atoms with Crippen LogP contribution in [0.4, 0.5) is 0 Å². The van der Waals surface area contributed by atoms with Crippen LogP contribution >= 0.6 is 55.7 Å². The zero-order valence-corrected chi connectivity index (χ0v) is 14.2. The summed E-state index contributed by atoms with van der Waals surface area (Å²) in [7, 11) is 0. The molecule has 2 aromatic carbocycles. The number of aromatic amines is 1. The highest BCUT2D eigenvalue weighted by Crippen LogP contribution is 2.29. The second-order valence-electron chi connectivity index (χ2n) is 4.02. The van der Waals surface area contributed by atoms with Crippen LogP contribution in [0.2, 0.25) is 5.02 Å². The van der Waals surface area contributed by atoms with E-state index in [0.29, 0.717) is 9.79 Å². The normalized spacial score (nSPS) is 11.1. The van der Waals surface area contributed by atoms with Crippen LogP contribution < -0.4 is 0 Å². The first-order valence-corrected chi connectivity index (χ1v) is 7.79. The third kappa shape index (κ3) is 2.40. The number of benzene rings is 2. The van der Waals surface area contributed by atoms with Crippen LogP contribution in [0.15, 0.2) is 45.3 Å². The molecule has 96 valence electrons. The predicted octanol–water partition coefficient (Wildman–Crippen LogP) is 5.87. The van der Waals surface area contributed by atoms with Gasteiger partial charge in [-0.25, -0.2) is 0 Å². The minimum Gasteiger partial charge on any atom is -0.330 e. The van der Waals surface area contributed by atoms with Gasteiger partial charge in [0.2, 0.25) is 0 Å². The molecule has 0 spiro atoms. The topological polar surface area (TPSA) is 20.7 Å². The number of nitrogens with one attached hydrogen (secondary N) is 1. The van der Waals surface area contributed by atoms with E-state index in [9.17, 15) is 0 Å². The molecule has 0 aliphatic rings. The van der Waals surface area contributed by atoms with Crippen molar-refractivity contribution in [1.29, 1.82) is 0 Å². The molecule has 0 atom stereocenters. The molecule has 0 amide bonds. The molecule has 0 fully saturated rings. The second-order valence-corrected chi connectivity index (χ2v) is 6.62. The number of H-pyrrole nitrogens is 1. The molecule has 6 heteroatoms. The second kappa shape index (κ2) is 5.05. The van der Waals surface area contributed by atoms with Gasteiger partial charge in [0, 0.05) is 14.0 Å². The van der Waals surface area contributed by atoms with Crippen molar-refractivity contribution in [2.45, 2.75) is 0 Å². The lowest BCUT2D eigenvalue weighted by molar-refractivity contribution is 1.06. The summed E-state index contributed by atoms with van der Waals surface area (Å²) in [5, 5.41) is 0.673. The number of imidazole rings is 1. The molecule has 0 aliphatic heterocycles. The molecule has 0 bridgehead atoms. The molecule has 3 rings (SSSR count). The van der Waals surface area contributed by atoms with Crippen molar-refractivity contribution in [2.75, 3.05) is 0 Å². The van der Waals surface area contributed by atoms with Crippen LogP contribution in [0.3, 0.4) is 0 Å². The number of rotatable bonds is 1. The Balaban J connectivity index is 2.39. The van der Waals surface area contributed by atoms with Gasteiger partial charge in [-0.05, 0) is 64.5 Å². The fraction of sp³-hybridized carbons (Fsp3) is 0. The average Bonchev–Trinajstić information content (AvgIpc) is 2.67. The minimum atomic E-state index is 0.635. The van der Waals surface area contributed by atoms with Gasteiger partial charge in [-0.3, -0.25) is 4.57 Å². The van der Waals surface area contributed by atoms with Gasteiger partial charge in [-0.15, -0.1) is 0 Å². The lowest BCUT2D eigenvalue weighted by Gasteiger charge is -2.07. The number of fused-ring (bicyclic) bond motifs is 1. The van der Waals surface area contributed by atoms with E-state index in [2.05, 4.69) is 36.8 Å². The Morgan fingerprint density at radius 2 is 1.89 bits per heavy atom. The van der Waals surface area contributed by atoms with E-state index in [-0.39, 0.29) is 0 Å². The lowest BCUT2D eigenvalue weighted by Crippen LogP contribution is -1.95. The Bertz CT molecular complexity index is 838. The molecule has 0 saturated heterocycles. The lowest BCUT2D eigenvalue weighted by atomic mass is 10.3. The number of aromatic nitrogens is 2. The smallest absolute Gasteiger partial charge is 0.182 e. The Morgan fingerprint density at radius 3 is 2.68 bits per heavy atom. The first-order chi connectivity index (χ1) is 9.06. The van der Waals surface area contributed by atoms with Gasteiger partial charge < -0.3 is 4.98 Å². The van der Waals surface area contributed by atoms with Crippen molar-refractivity contribution in [2.24, 2.45) is 0 Å². The van der Waals surface area contributed by atoms with E-state index in [1.165, 1.54) is 0 Å². The molecular weight excluding hydrogens is 411 g/mol. The van der Waals surface area contributed by atoms with Crippen LogP contribution in [-0.4, -0.2) is 9.55 Å². The molecule has 1 heterocycles. The van der Waals surface area contributed by atoms with Crippen molar-refractivity contribution in [3.8, 4) is 5.69 Å². The maximum Gasteiger partial charge on any atom is 0.182 e. The molecule has 1 aromatic heterocycles. The van der Waals surface area contributed by atoms with Gasteiger partial charge in [0.1, 0.15) is 0 Å². The molecule has 0 radical (unpaired) electrons. The van der Waals surface area contributed by atoms with Gasteiger partial charge in [0.25, 0.3) is 0 Å². The first kappa shape index (κ1) is 13.4. The molecule has 1 N–H and O–H groups in total. The van der Waals surface area contributed by atoms with Gasteiger partial charge in [-0.2, -0.15) is 0 Å². The quantitative estimate of drug-likeness (QED) is 0.491. The fourth-order valence-corrected chi connectivity index (χ4v) is 3.24. The van der Waals surface area contributed by atoms with Crippen molar-refractivity contribution in [3.05, 3.63) is 55.1 Å². The molecule has 0 unspecified atom stereocenters. The highest BCUT2D eigenvalue weighted by Gasteiger charge is 2.10. The summed E-state index contributed by atoms with van der Waals surface area (Å²) in [5.74, 6) is 0. The third-order valence-corrected chi connectivity index (χ3v) is 4.48. The SMILES string of the molecule is S=c1[nH]c2cc(Br)ccc2n1-c1cc(Cl)ccc1Br. The summed E-state index contributed by atoms with van der Waals surface area (Å²) in [4.78, 5) is 3.20. The fourth-order valence-electron chi connectivity index (χ4n) is 1.98. The van der Waals surface area contributed by atoms with Gasteiger partial charge in [-0.1, -0.05) is 27.5 Å². The molecular formula is C13H7Br2ClN2S. The predicted molar refractivity (Wildman–Crippen MR) is 88.9 cm³/mol. The van der Waals surface area contributed by atoms with E-state index in [1.807, 2.05) is 41.0 Å². The van der Waals surface area contributed by atoms with Gasteiger partial charge in [0.05, 0.1) is 16.7 Å². The first-order valence-electron chi connectivity index (χ1n) is 5.42. The van der Waals surface area contributed by atoms with Crippen LogP contribution in [0.5, 0.6) is 0 Å². The Hall–Kier alpha value is -0.620. The van der Waals surface area contributed by atoms with Crippen LogP contribution in [0.1, 0.15) is 0 Å². The van der Waals surface area contributed by atoms with E-state index in [0.717, 1.165) is 25.7 Å². The van der Waals surface area contributed by atoms with Crippen LogP contribution in [0.25, 0.3) is 16.7 Å². The number of nitrogens with zero attached hydrogens (tertiary/aromatic N) is 1. The van der Waals surface area contributed by atoms with Crippen LogP contribution in [-0.2, 0) is 0 Å². The third-order valence-electron chi connectivity index (χ3n) is 2.79. The van der Waals surface area contributed by atoms with Crippen molar-refractivity contribution in [1.82, 2.24) is 9.55 Å². The molecule has 0 saturated carbocycles. The number of hydrogen-bond donors (Lipinski definition) is 1. The summed E-state index contributed by atoms with van der Waals surface area (Å²) < 4.78 is 4.55. The standard InChI is InChI=1S/C13H7Br2ClN2S/c14-7-1-4-11-10(5-7)17-13(19)18(11)12-6-8(16)2-3-9(12)15/h1-6H,(H,17,19). The summed E-state index contributed by atoms with van der Waals surface area (Å²) >= 11 is 18.5. The zero-order valence-electron chi connectivity index (χ0n) is 9.45. The molecule has 3 aromatic rings. The minimum absolute atomic E-state index is 0.635. The van der Waals surface area contributed by atoms with Crippen molar-refractivity contribution in [3.63, 3.8) is 0 Å². The van der Waals surface area contributed by atoms with E-state index >= 15 is 0 Å². The highest BCUT2D eigenvalue weighted by molar-refractivity contribution is 9.10. The van der Waals surface area contributed by atoms with E-state index < -0.39 is 0 Å². The van der Waals surface area contributed by atoms with Crippen molar-refractivity contribution < 1.29 is 0 Å². The van der Waals surface area contributed by atoms with E-state index in [1.54, 1.807) is 0 Å².